The number of quaternary nitrogens is 1. The van der Waals surface area contributed by atoms with Gasteiger partial charge < -0.3 is 24.3 Å². The van der Waals surface area contributed by atoms with Crippen LogP contribution in [0.4, 0.5) is 18.9 Å². The number of rotatable bonds is 5. The Morgan fingerprint density at radius 3 is 2.44 bits per heavy atom. The van der Waals surface area contributed by atoms with Crippen molar-refractivity contribution < 1.29 is 27.5 Å². The molecule has 1 aromatic heterocycles. The van der Waals surface area contributed by atoms with Crippen molar-refractivity contribution in [2.75, 3.05) is 45.3 Å². The van der Waals surface area contributed by atoms with Gasteiger partial charge in [-0.2, -0.15) is 13.2 Å². The number of H-pyrrole nitrogens is 1. The first-order valence-corrected chi connectivity index (χ1v) is 10.2. The minimum atomic E-state index is -4.36. The standard InChI is InChI=1S/C22H23F3N4O3/c1-31-18-11-16-17(12-19(18)32-2)26-20(27-21(16)30)13-28-6-8-29(9-7-28)15-5-3-4-14(10-15)22(23,24)25/h3-5,10-12H,6-9,13H2,1-2H3,(H,26,27,30)/p+1. The van der Waals surface area contributed by atoms with E-state index in [-0.39, 0.29) is 5.56 Å². The Balaban J connectivity index is 1.47. The third kappa shape index (κ3) is 4.50. The summed E-state index contributed by atoms with van der Waals surface area (Å²) in [4.78, 5) is 23.1. The van der Waals surface area contributed by atoms with Crippen molar-refractivity contribution in [1.82, 2.24) is 9.97 Å². The molecule has 0 bridgehead atoms. The van der Waals surface area contributed by atoms with Gasteiger partial charge in [0, 0.05) is 11.8 Å². The summed E-state index contributed by atoms with van der Waals surface area (Å²) < 4.78 is 49.5. The number of hydrogen-bond acceptors (Lipinski definition) is 5. The Morgan fingerprint density at radius 1 is 1.09 bits per heavy atom. The van der Waals surface area contributed by atoms with Gasteiger partial charge >= 0.3 is 6.18 Å². The zero-order chi connectivity index (χ0) is 22.9. The number of hydrogen-bond donors (Lipinski definition) is 2. The first kappa shape index (κ1) is 21.9. The number of benzene rings is 2. The van der Waals surface area contributed by atoms with Crippen LogP contribution in [0.1, 0.15) is 11.4 Å². The van der Waals surface area contributed by atoms with Crippen LogP contribution in [0.15, 0.2) is 41.2 Å². The summed E-state index contributed by atoms with van der Waals surface area (Å²) in [6.45, 7) is 3.16. The van der Waals surface area contributed by atoms with Crippen LogP contribution >= 0.6 is 0 Å². The number of nitrogens with one attached hydrogen (secondary N) is 2. The molecule has 0 radical (unpaired) electrons. The Morgan fingerprint density at radius 2 is 1.78 bits per heavy atom. The van der Waals surface area contributed by atoms with Crippen molar-refractivity contribution in [1.29, 1.82) is 0 Å². The van der Waals surface area contributed by atoms with Gasteiger partial charge in [-0.1, -0.05) is 6.07 Å². The van der Waals surface area contributed by atoms with Gasteiger partial charge in [-0.15, -0.1) is 0 Å². The first-order valence-electron chi connectivity index (χ1n) is 10.2. The van der Waals surface area contributed by atoms with Crippen LogP contribution in [0.2, 0.25) is 0 Å². The smallest absolute Gasteiger partial charge is 0.416 e. The van der Waals surface area contributed by atoms with Crippen LogP contribution in [-0.4, -0.2) is 50.4 Å². The van der Waals surface area contributed by atoms with Gasteiger partial charge in [-0.3, -0.25) is 4.79 Å². The molecule has 0 spiro atoms. The number of piperazine rings is 1. The average molecular weight is 449 g/mol. The van der Waals surface area contributed by atoms with Crippen molar-refractivity contribution in [3.05, 3.63) is 58.1 Å². The van der Waals surface area contributed by atoms with Crippen LogP contribution in [-0.2, 0) is 12.7 Å². The summed E-state index contributed by atoms with van der Waals surface area (Å²) in [7, 11) is 3.02. The van der Waals surface area contributed by atoms with E-state index >= 15 is 0 Å². The van der Waals surface area contributed by atoms with Crippen LogP contribution < -0.4 is 24.8 Å². The molecule has 1 saturated heterocycles. The first-order chi connectivity index (χ1) is 15.3. The maximum Gasteiger partial charge on any atom is 0.416 e. The number of anilines is 1. The van der Waals surface area contributed by atoms with Crippen LogP contribution in [0, 0.1) is 0 Å². The number of halogens is 3. The Bertz CT molecular complexity index is 1170. The van der Waals surface area contributed by atoms with E-state index in [2.05, 4.69) is 9.97 Å². The molecule has 2 aromatic carbocycles. The molecule has 4 rings (SSSR count). The number of fused-ring (bicyclic) bond motifs is 1. The molecule has 0 saturated carbocycles. The second-order valence-electron chi connectivity index (χ2n) is 7.70. The van der Waals surface area contributed by atoms with E-state index in [4.69, 9.17) is 9.47 Å². The molecule has 170 valence electrons. The van der Waals surface area contributed by atoms with Crippen molar-refractivity contribution in [3.63, 3.8) is 0 Å². The van der Waals surface area contributed by atoms with E-state index in [0.717, 1.165) is 6.07 Å². The second-order valence-corrected chi connectivity index (χ2v) is 7.70. The normalized spacial score (nSPS) is 15.2. The molecule has 0 unspecified atom stereocenters. The zero-order valence-electron chi connectivity index (χ0n) is 17.8. The van der Waals surface area contributed by atoms with Gasteiger partial charge in [0.2, 0.25) is 0 Å². The molecule has 0 aliphatic carbocycles. The molecule has 3 aromatic rings. The highest BCUT2D eigenvalue weighted by atomic mass is 19.4. The lowest BCUT2D eigenvalue weighted by atomic mass is 10.1. The van der Waals surface area contributed by atoms with Gasteiger partial charge in [0.1, 0.15) is 6.54 Å². The molecule has 1 fully saturated rings. The Hall–Kier alpha value is -3.27. The van der Waals surface area contributed by atoms with Crippen molar-refractivity contribution in [3.8, 4) is 11.5 Å². The minimum absolute atomic E-state index is 0.257. The van der Waals surface area contributed by atoms with Gasteiger partial charge in [0.15, 0.2) is 17.3 Å². The highest BCUT2D eigenvalue weighted by Crippen LogP contribution is 2.32. The molecule has 1 aliphatic heterocycles. The zero-order valence-corrected chi connectivity index (χ0v) is 17.8. The van der Waals surface area contributed by atoms with Gasteiger partial charge in [0.05, 0.1) is 56.9 Å². The molecule has 7 nitrogen and oxygen atoms in total. The molecule has 0 atom stereocenters. The number of aromatic nitrogens is 2. The summed E-state index contributed by atoms with van der Waals surface area (Å²) >= 11 is 0. The summed E-state index contributed by atoms with van der Waals surface area (Å²) in [5.74, 6) is 1.50. The molecule has 2 heterocycles. The van der Waals surface area contributed by atoms with E-state index in [1.54, 1.807) is 18.2 Å². The fraction of sp³-hybridized carbons (Fsp3) is 0.364. The third-order valence-electron chi connectivity index (χ3n) is 5.69. The van der Waals surface area contributed by atoms with Gasteiger partial charge in [-0.25, -0.2) is 4.98 Å². The number of ether oxygens (including phenoxy) is 2. The number of alkyl halides is 3. The van der Waals surface area contributed by atoms with Gasteiger partial charge in [0.25, 0.3) is 5.56 Å². The fourth-order valence-electron chi connectivity index (χ4n) is 3.97. The largest absolute Gasteiger partial charge is 0.493 e. The molecular formula is C22H24F3N4O3+. The average Bonchev–Trinajstić information content (AvgIpc) is 2.78. The summed E-state index contributed by atoms with van der Waals surface area (Å²) in [5, 5.41) is 0.413. The summed E-state index contributed by atoms with van der Waals surface area (Å²) in [6.07, 6.45) is -4.36. The quantitative estimate of drug-likeness (QED) is 0.622. The van der Waals surface area contributed by atoms with Crippen LogP contribution in [0.5, 0.6) is 11.5 Å². The van der Waals surface area contributed by atoms with E-state index < -0.39 is 11.7 Å². The molecule has 2 N–H and O–H groups in total. The highest BCUT2D eigenvalue weighted by Gasteiger charge is 2.31. The monoisotopic (exact) mass is 449 g/mol. The minimum Gasteiger partial charge on any atom is -0.493 e. The maximum absolute atomic E-state index is 13.0. The molecule has 0 amide bonds. The summed E-state index contributed by atoms with van der Waals surface area (Å²) in [5.41, 5.74) is 0.184. The van der Waals surface area contributed by atoms with Crippen molar-refractivity contribution in [2.45, 2.75) is 12.7 Å². The van der Waals surface area contributed by atoms with E-state index in [9.17, 15) is 18.0 Å². The third-order valence-corrected chi connectivity index (χ3v) is 5.69. The number of methoxy groups -OCH3 is 2. The van der Waals surface area contributed by atoms with Crippen molar-refractivity contribution in [2.24, 2.45) is 0 Å². The lowest BCUT2D eigenvalue weighted by Crippen LogP contribution is -3.13. The van der Waals surface area contributed by atoms with Gasteiger partial charge in [-0.05, 0) is 24.3 Å². The number of nitrogens with zero attached hydrogens (tertiary/aromatic N) is 2. The van der Waals surface area contributed by atoms with E-state index in [1.807, 2.05) is 4.90 Å². The topological polar surface area (TPSA) is 71.9 Å². The predicted molar refractivity (Wildman–Crippen MR) is 114 cm³/mol. The van der Waals surface area contributed by atoms with Crippen LogP contribution in [0.3, 0.4) is 0 Å². The maximum atomic E-state index is 13.0. The second kappa shape index (κ2) is 8.70. The summed E-state index contributed by atoms with van der Waals surface area (Å²) in [6, 6.07) is 8.68. The SMILES string of the molecule is COc1cc2nc(C[NH+]3CCN(c4cccc(C(F)(F)F)c4)CC3)[nH]c(=O)c2cc1OC. The lowest BCUT2D eigenvalue weighted by Gasteiger charge is -2.33. The molecule has 1 aliphatic rings. The fourth-order valence-corrected chi connectivity index (χ4v) is 3.97. The lowest BCUT2D eigenvalue weighted by molar-refractivity contribution is -0.915. The van der Waals surface area contributed by atoms with Crippen LogP contribution in [0.25, 0.3) is 10.9 Å². The Labute approximate surface area is 182 Å². The van der Waals surface area contributed by atoms with E-state index in [1.165, 1.54) is 31.3 Å². The molecule has 10 heteroatoms. The highest BCUT2D eigenvalue weighted by molar-refractivity contribution is 5.81. The molecule has 32 heavy (non-hydrogen) atoms. The Kier molecular flexibility index (Phi) is 5.96. The number of aromatic amines is 1. The van der Waals surface area contributed by atoms with E-state index in [0.29, 0.717) is 66.6 Å². The predicted octanol–water partition coefficient (Wildman–Crippen LogP) is 1.86. The molecular weight excluding hydrogens is 425 g/mol. The van der Waals surface area contributed by atoms with Crippen molar-refractivity contribution >= 4 is 16.6 Å².